The first-order chi connectivity index (χ1) is 8.40. The van der Waals surface area contributed by atoms with E-state index >= 15 is 0 Å². The summed E-state index contributed by atoms with van der Waals surface area (Å²) in [6.45, 7) is 0. The summed E-state index contributed by atoms with van der Waals surface area (Å²) < 4.78 is 5.42. The molecule has 0 heterocycles. The molecule has 1 aromatic rings. The number of methoxy groups -OCH3 is 1. The number of benzene rings is 1. The Kier molecular flexibility index (Phi) is 4.23. The van der Waals surface area contributed by atoms with E-state index in [4.69, 9.17) is 4.74 Å². The Labute approximate surface area is 103 Å². The van der Waals surface area contributed by atoms with Crippen molar-refractivity contribution in [1.29, 1.82) is 0 Å². The Morgan fingerprint density at radius 1 is 1.24 bits per heavy atom. The van der Waals surface area contributed by atoms with Crippen LogP contribution >= 0.6 is 0 Å². The van der Waals surface area contributed by atoms with Gasteiger partial charge in [0.2, 0.25) is 0 Å². The summed E-state index contributed by atoms with van der Waals surface area (Å²) in [5, 5.41) is 0. The Balaban J connectivity index is 2.23. The highest BCUT2D eigenvalue weighted by Gasteiger charge is 2.08. The summed E-state index contributed by atoms with van der Waals surface area (Å²) in [4.78, 5) is 0. The first-order valence-corrected chi connectivity index (χ1v) is 6.15. The molecule has 0 N–H and O–H groups in total. The van der Waals surface area contributed by atoms with Crippen LogP contribution in [0.25, 0.3) is 6.08 Å². The van der Waals surface area contributed by atoms with E-state index in [-0.39, 0.29) is 0 Å². The van der Waals surface area contributed by atoms with Crippen molar-refractivity contribution in [3.8, 4) is 0 Å². The monoisotopic (exact) mass is 226 g/mol. The third-order valence-electron chi connectivity index (χ3n) is 2.96. The Morgan fingerprint density at radius 2 is 2.06 bits per heavy atom. The van der Waals surface area contributed by atoms with Gasteiger partial charge in [-0.15, -0.1) is 0 Å². The third-order valence-corrected chi connectivity index (χ3v) is 2.96. The third kappa shape index (κ3) is 3.37. The van der Waals surface area contributed by atoms with Gasteiger partial charge >= 0.3 is 0 Å². The van der Waals surface area contributed by atoms with Gasteiger partial charge in [-0.1, -0.05) is 42.1 Å². The van der Waals surface area contributed by atoms with Gasteiger partial charge in [-0.25, -0.2) is 0 Å². The van der Waals surface area contributed by atoms with Crippen LogP contribution in [0.15, 0.2) is 53.5 Å². The maximum Gasteiger partial charge on any atom is 0.164 e. The molecule has 0 spiro atoms. The topological polar surface area (TPSA) is 9.23 Å². The van der Waals surface area contributed by atoms with Crippen molar-refractivity contribution >= 4 is 6.08 Å². The lowest BCUT2D eigenvalue weighted by Gasteiger charge is -2.12. The molecule has 0 unspecified atom stereocenters. The van der Waals surface area contributed by atoms with Crippen molar-refractivity contribution in [2.24, 2.45) is 0 Å². The van der Waals surface area contributed by atoms with E-state index in [2.05, 4.69) is 23.9 Å². The second kappa shape index (κ2) is 6.12. The minimum absolute atomic E-state index is 0.883. The van der Waals surface area contributed by atoms with Crippen LogP contribution in [-0.4, -0.2) is 7.11 Å². The maximum absolute atomic E-state index is 5.42. The van der Waals surface area contributed by atoms with E-state index in [0.29, 0.717) is 0 Å². The Hall–Kier alpha value is -1.72. The summed E-state index contributed by atoms with van der Waals surface area (Å²) in [5.41, 5.74) is 5.71. The number of hydrogen-bond donors (Lipinski definition) is 0. The van der Waals surface area contributed by atoms with E-state index in [1.807, 2.05) is 24.3 Å². The minimum atomic E-state index is 0.883. The van der Waals surface area contributed by atoms with Crippen LogP contribution < -0.4 is 0 Å². The van der Waals surface area contributed by atoms with Crippen LogP contribution in [-0.2, 0) is 4.74 Å². The van der Waals surface area contributed by atoms with Gasteiger partial charge in [0.25, 0.3) is 0 Å². The maximum atomic E-state index is 5.42. The van der Waals surface area contributed by atoms with E-state index < -0.39 is 0 Å². The van der Waals surface area contributed by atoms with Gasteiger partial charge in [0.1, 0.15) is 0 Å². The average Bonchev–Trinajstić information content (AvgIpc) is 2.42. The molecule has 1 aliphatic rings. The van der Waals surface area contributed by atoms with E-state index in [0.717, 1.165) is 24.2 Å². The molecule has 0 radical (unpaired) electrons. The molecule has 0 aliphatic heterocycles. The molecule has 0 aromatic heterocycles. The lowest BCUT2D eigenvalue weighted by atomic mass is 9.98. The fraction of sp³-hybridized carbons (Fsp3) is 0.312. The van der Waals surface area contributed by atoms with Gasteiger partial charge in [-0.05, 0) is 42.9 Å². The average molecular weight is 226 g/mol. The summed E-state index contributed by atoms with van der Waals surface area (Å²) in [7, 11) is 1.72. The highest BCUT2D eigenvalue weighted by Crippen LogP contribution is 2.23. The number of allylic oxidation sites excluding steroid dienone is 2. The highest BCUT2D eigenvalue weighted by molar-refractivity contribution is 5.50. The van der Waals surface area contributed by atoms with Gasteiger partial charge in [0.15, 0.2) is 5.76 Å². The van der Waals surface area contributed by atoms with Crippen molar-refractivity contribution in [1.82, 2.24) is 0 Å². The molecule has 1 aliphatic carbocycles. The van der Waals surface area contributed by atoms with Gasteiger partial charge < -0.3 is 4.74 Å². The largest absolute Gasteiger partial charge is 0.489 e. The van der Waals surface area contributed by atoms with Gasteiger partial charge in [-0.3, -0.25) is 0 Å². The lowest BCUT2D eigenvalue weighted by molar-refractivity contribution is 0.297. The number of hydrogen-bond acceptors (Lipinski definition) is 1. The normalized spacial score (nSPS) is 14.5. The molecule has 1 nitrogen and oxygen atoms in total. The molecule has 0 bridgehead atoms. The molecular weight excluding hydrogens is 208 g/mol. The molecule has 1 aromatic carbocycles. The van der Waals surface area contributed by atoms with Crippen LogP contribution in [0, 0.1) is 0 Å². The van der Waals surface area contributed by atoms with Crippen molar-refractivity contribution in [3.63, 3.8) is 0 Å². The lowest BCUT2D eigenvalue weighted by Crippen LogP contribution is -1.96. The van der Waals surface area contributed by atoms with E-state index in [1.165, 1.54) is 18.4 Å². The molecule has 0 saturated heterocycles. The predicted octanol–water partition coefficient (Wildman–Crippen LogP) is 4.33. The van der Waals surface area contributed by atoms with Crippen LogP contribution in [0.4, 0.5) is 0 Å². The zero-order valence-corrected chi connectivity index (χ0v) is 10.3. The molecule has 2 rings (SSSR count). The van der Waals surface area contributed by atoms with Crippen molar-refractivity contribution in [3.05, 3.63) is 59.0 Å². The van der Waals surface area contributed by atoms with Gasteiger partial charge in [0, 0.05) is 0 Å². The van der Waals surface area contributed by atoms with Crippen LogP contribution in [0.5, 0.6) is 0 Å². The Morgan fingerprint density at radius 3 is 2.71 bits per heavy atom. The summed E-state index contributed by atoms with van der Waals surface area (Å²) in [6, 6.07) is 10.2. The molecule has 0 saturated carbocycles. The molecule has 0 atom stereocenters. The zero-order chi connectivity index (χ0) is 11.9. The SMILES string of the molecule is COC(=C=Cc1ccccc1)C1=CCCCC1. The fourth-order valence-electron chi connectivity index (χ4n) is 2.03. The molecule has 88 valence electrons. The Bertz CT molecular complexity index is 448. The molecule has 0 fully saturated rings. The zero-order valence-electron chi connectivity index (χ0n) is 10.3. The standard InChI is InChI=1S/C16H18O/c1-17-16(15-10-6-3-7-11-15)13-12-14-8-4-2-5-9-14/h2,4-5,8-10,12H,3,6-7,11H2,1H3. The van der Waals surface area contributed by atoms with Crippen LogP contribution in [0.1, 0.15) is 31.2 Å². The quantitative estimate of drug-likeness (QED) is 0.550. The molecular formula is C16H18O. The first kappa shape index (κ1) is 11.8. The summed E-state index contributed by atoms with van der Waals surface area (Å²) >= 11 is 0. The number of rotatable bonds is 3. The minimum Gasteiger partial charge on any atom is -0.489 e. The second-order valence-corrected chi connectivity index (χ2v) is 4.21. The van der Waals surface area contributed by atoms with E-state index in [1.54, 1.807) is 7.11 Å². The molecule has 17 heavy (non-hydrogen) atoms. The van der Waals surface area contributed by atoms with Crippen LogP contribution in [0.3, 0.4) is 0 Å². The van der Waals surface area contributed by atoms with Crippen molar-refractivity contribution in [2.45, 2.75) is 25.7 Å². The first-order valence-electron chi connectivity index (χ1n) is 6.15. The smallest absolute Gasteiger partial charge is 0.164 e. The van der Waals surface area contributed by atoms with Crippen LogP contribution in [0.2, 0.25) is 0 Å². The predicted molar refractivity (Wildman–Crippen MR) is 71.5 cm³/mol. The molecule has 1 heteroatoms. The van der Waals surface area contributed by atoms with E-state index in [9.17, 15) is 0 Å². The van der Waals surface area contributed by atoms with Crippen molar-refractivity contribution in [2.75, 3.05) is 7.11 Å². The highest BCUT2D eigenvalue weighted by atomic mass is 16.5. The molecule has 0 amide bonds. The number of ether oxygens (including phenoxy) is 1. The summed E-state index contributed by atoms with van der Waals surface area (Å²) in [5.74, 6) is 0.883. The van der Waals surface area contributed by atoms with Gasteiger partial charge in [-0.2, -0.15) is 0 Å². The second-order valence-electron chi connectivity index (χ2n) is 4.21. The summed E-state index contributed by atoms with van der Waals surface area (Å²) in [6.07, 6.45) is 9.07. The van der Waals surface area contributed by atoms with Gasteiger partial charge in [0.05, 0.1) is 7.11 Å². The van der Waals surface area contributed by atoms with Crippen molar-refractivity contribution < 1.29 is 4.74 Å². The fourth-order valence-corrected chi connectivity index (χ4v) is 2.03.